The van der Waals surface area contributed by atoms with Crippen LogP contribution in [0.1, 0.15) is 5.56 Å². The molecule has 2 rings (SSSR count). The van der Waals surface area contributed by atoms with Gasteiger partial charge in [0.1, 0.15) is 0 Å². The van der Waals surface area contributed by atoms with E-state index in [-0.39, 0.29) is 21.5 Å². The molecule has 8 heteroatoms. The van der Waals surface area contributed by atoms with E-state index in [1.165, 1.54) is 12.1 Å². The van der Waals surface area contributed by atoms with E-state index in [0.29, 0.717) is 12.4 Å². The molecular weight excluding hydrogens is 317 g/mol. The summed E-state index contributed by atoms with van der Waals surface area (Å²) in [5.41, 5.74) is 0.792. The molecule has 2 aromatic rings. The molecule has 0 radical (unpaired) electrons. The molecule has 0 bridgehead atoms. The number of non-ortho nitro benzene ring substituents is 1. The largest absolute Gasteiger partial charge is 0.436 e. The van der Waals surface area contributed by atoms with Gasteiger partial charge >= 0.3 is 0 Å². The van der Waals surface area contributed by atoms with E-state index in [1.807, 2.05) is 13.1 Å². The van der Waals surface area contributed by atoms with Crippen LogP contribution >= 0.6 is 23.2 Å². The van der Waals surface area contributed by atoms with E-state index in [9.17, 15) is 10.1 Å². The van der Waals surface area contributed by atoms with Gasteiger partial charge in [-0.05, 0) is 12.6 Å². The highest BCUT2D eigenvalue weighted by Gasteiger charge is 2.16. The SMILES string of the molecule is CNCc1ccc(Oc2c(Cl)cc([N+](=O)[O-])cc2Cl)nc1. The lowest BCUT2D eigenvalue weighted by molar-refractivity contribution is -0.384. The minimum absolute atomic E-state index is 0.0512. The highest BCUT2D eigenvalue weighted by Crippen LogP contribution is 2.38. The molecule has 0 saturated heterocycles. The maximum Gasteiger partial charge on any atom is 0.272 e. The topological polar surface area (TPSA) is 77.3 Å². The number of halogens is 2. The Morgan fingerprint density at radius 2 is 2.00 bits per heavy atom. The number of ether oxygens (including phenoxy) is 1. The minimum Gasteiger partial charge on any atom is -0.436 e. The number of aromatic nitrogens is 1. The standard InChI is InChI=1S/C13H11Cl2N3O3/c1-16-6-8-2-3-12(17-7-8)21-13-10(14)4-9(18(19)20)5-11(13)15/h2-5,7,16H,6H2,1H3. The van der Waals surface area contributed by atoms with Crippen LogP contribution in [0, 0.1) is 10.1 Å². The first-order valence-corrected chi connectivity index (χ1v) is 6.67. The van der Waals surface area contributed by atoms with Crippen molar-refractivity contribution in [2.75, 3.05) is 7.05 Å². The van der Waals surface area contributed by atoms with E-state index in [4.69, 9.17) is 27.9 Å². The predicted molar refractivity (Wildman–Crippen MR) is 80.2 cm³/mol. The van der Waals surface area contributed by atoms with Crippen molar-refractivity contribution in [3.05, 3.63) is 56.2 Å². The monoisotopic (exact) mass is 327 g/mol. The van der Waals surface area contributed by atoms with E-state index < -0.39 is 4.92 Å². The lowest BCUT2D eigenvalue weighted by atomic mass is 10.3. The van der Waals surface area contributed by atoms with Gasteiger partial charge in [0, 0.05) is 30.9 Å². The smallest absolute Gasteiger partial charge is 0.272 e. The quantitative estimate of drug-likeness (QED) is 0.667. The zero-order valence-electron chi connectivity index (χ0n) is 11.0. The Bertz CT molecular complexity index is 639. The maximum atomic E-state index is 10.7. The Balaban J connectivity index is 2.25. The maximum absolute atomic E-state index is 10.7. The minimum atomic E-state index is -0.577. The van der Waals surface area contributed by atoms with Crippen LogP contribution in [0.15, 0.2) is 30.5 Å². The number of nitro benzene ring substituents is 1. The molecule has 0 unspecified atom stereocenters. The summed E-state index contributed by atoms with van der Waals surface area (Å²) < 4.78 is 5.49. The van der Waals surface area contributed by atoms with Gasteiger partial charge in [0.05, 0.1) is 15.0 Å². The zero-order chi connectivity index (χ0) is 15.4. The summed E-state index contributed by atoms with van der Waals surface area (Å²) in [5.74, 6) is 0.435. The van der Waals surface area contributed by atoms with Gasteiger partial charge in [-0.1, -0.05) is 29.3 Å². The average molecular weight is 328 g/mol. The fourth-order valence-electron chi connectivity index (χ4n) is 1.63. The summed E-state index contributed by atoms with van der Waals surface area (Å²) in [7, 11) is 1.83. The Hall–Kier alpha value is -1.89. The molecule has 0 aliphatic heterocycles. The Labute approximate surface area is 130 Å². The number of rotatable bonds is 5. The average Bonchev–Trinajstić information content (AvgIpc) is 2.44. The molecule has 1 N–H and O–H groups in total. The van der Waals surface area contributed by atoms with Crippen LogP contribution in [-0.2, 0) is 6.54 Å². The van der Waals surface area contributed by atoms with Crippen LogP contribution in [-0.4, -0.2) is 17.0 Å². The number of pyridine rings is 1. The molecule has 1 aromatic heterocycles. The summed E-state index contributed by atoms with van der Waals surface area (Å²) in [5, 5.41) is 13.8. The molecule has 21 heavy (non-hydrogen) atoms. The second-order valence-electron chi connectivity index (χ2n) is 4.13. The number of nitrogens with zero attached hydrogens (tertiary/aromatic N) is 2. The van der Waals surface area contributed by atoms with E-state index in [1.54, 1.807) is 12.3 Å². The van der Waals surface area contributed by atoms with Gasteiger partial charge in [-0.25, -0.2) is 4.98 Å². The van der Waals surface area contributed by atoms with Gasteiger partial charge < -0.3 is 10.1 Å². The molecule has 1 heterocycles. The van der Waals surface area contributed by atoms with Crippen LogP contribution in [0.2, 0.25) is 10.0 Å². The second-order valence-corrected chi connectivity index (χ2v) is 4.95. The van der Waals surface area contributed by atoms with Crippen LogP contribution in [0.25, 0.3) is 0 Å². The summed E-state index contributed by atoms with van der Waals surface area (Å²) in [6.45, 7) is 0.687. The summed E-state index contributed by atoms with van der Waals surface area (Å²) >= 11 is 11.9. The van der Waals surface area contributed by atoms with E-state index in [2.05, 4.69) is 10.3 Å². The third-order valence-electron chi connectivity index (χ3n) is 2.58. The van der Waals surface area contributed by atoms with Crippen molar-refractivity contribution in [3.63, 3.8) is 0 Å². The van der Waals surface area contributed by atoms with Gasteiger partial charge in [0.25, 0.3) is 5.69 Å². The van der Waals surface area contributed by atoms with E-state index >= 15 is 0 Å². The van der Waals surface area contributed by atoms with Crippen LogP contribution in [0.5, 0.6) is 11.6 Å². The first kappa shape index (κ1) is 15.5. The fourth-order valence-corrected chi connectivity index (χ4v) is 2.19. The summed E-state index contributed by atoms with van der Waals surface area (Å²) in [6.07, 6.45) is 1.65. The molecule has 0 atom stereocenters. The number of nitrogens with one attached hydrogen (secondary N) is 1. The molecule has 0 saturated carbocycles. The number of hydrogen-bond acceptors (Lipinski definition) is 5. The van der Waals surface area contributed by atoms with Crippen molar-refractivity contribution in [1.29, 1.82) is 0 Å². The molecule has 0 fully saturated rings. The highest BCUT2D eigenvalue weighted by molar-refractivity contribution is 6.37. The normalized spacial score (nSPS) is 10.4. The first-order chi connectivity index (χ1) is 10.0. The molecule has 6 nitrogen and oxygen atoms in total. The molecule has 110 valence electrons. The molecule has 0 aliphatic carbocycles. The van der Waals surface area contributed by atoms with Gasteiger partial charge in [-0.2, -0.15) is 0 Å². The lowest BCUT2D eigenvalue weighted by Crippen LogP contribution is -2.05. The summed E-state index contributed by atoms with van der Waals surface area (Å²) in [4.78, 5) is 14.2. The zero-order valence-corrected chi connectivity index (χ0v) is 12.5. The summed E-state index contributed by atoms with van der Waals surface area (Å²) in [6, 6.07) is 5.86. The lowest BCUT2D eigenvalue weighted by Gasteiger charge is -2.09. The first-order valence-electron chi connectivity index (χ1n) is 5.92. The van der Waals surface area contributed by atoms with Gasteiger partial charge in [-0.3, -0.25) is 10.1 Å². The van der Waals surface area contributed by atoms with Gasteiger partial charge in [-0.15, -0.1) is 0 Å². The number of hydrogen-bond donors (Lipinski definition) is 1. The van der Waals surface area contributed by atoms with Crippen molar-refractivity contribution < 1.29 is 9.66 Å². The molecule has 0 amide bonds. The highest BCUT2D eigenvalue weighted by atomic mass is 35.5. The van der Waals surface area contributed by atoms with Crippen molar-refractivity contribution in [3.8, 4) is 11.6 Å². The van der Waals surface area contributed by atoms with Gasteiger partial charge in [0.2, 0.25) is 5.88 Å². The number of benzene rings is 1. The van der Waals surface area contributed by atoms with Crippen molar-refractivity contribution in [2.45, 2.75) is 6.54 Å². The Kier molecular flexibility index (Phi) is 4.95. The van der Waals surface area contributed by atoms with Crippen molar-refractivity contribution in [2.24, 2.45) is 0 Å². The molecule has 1 aromatic carbocycles. The van der Waals surface area contributed by atoms with E-state index in [0.717, 1.165) is 5.56 Å². The second kappa shape index (κ2) is 6.71. The third kappa shape index (κ3) is 3.81. The van der Waals surface area contributed by atoms with Crippen LogP contribution in [0.4, 0.5) is 5.69 Å². The van der Waals surface area contributed by atoms with Crippen molar-refractivity contribution in [1.82, 2.24) is 10.3 Å². The fraction of sp³-hybridized carbons (Fsp3) is 0.154. The van der Waals surface area contributed by atoms with Gasteiger partial charge in [0.15, 0.2) is 5.75 Å². The Morgan fingerprint density at radius 1 is 1.33 bits per heavy atom. The number of nitro groups is 1. The molecule has 0 spiro atoms. The predicted octanol–water partition coefficient (Wildman–Crippen LogP) is 3.81. The Morgan fingerprint density at radius 3 is 2.48 bits per heavy atom. The third-order valence-corrected chi connectivity index (χ3v) is 3.14. The van der Waals surface area contributed by atoms with Crippen LogP contribution < -0.4 is 10.1 Å². The van der Waals surface area contributed by atoms with Crippen molar-refractivity contribution >= 4 is 28.9 Å². The molecular formula is C13H11Cl2N3O3. The molecule has 0 aliphatic rings. The van der Waals surface area contributed by atoms with Crippen LogP contribution in [0.3, 0.4) is 0 Å².